The van der Waals surface area contributed by atoms with Gasteiger partial charge >= 0.3 is 0 Å². The lowest BCUT2D eigenvalue weighted by molar-refractivity contribution is 0.759. The lowest BCUT2D eigenvalue weighted by Crippen LogP contribution is -2.22. The van der Waals surface area contributed by atoms with E-state index in [0.717, 1.165) is 9.52 Å². The van der Waals surface area contributed by atoms with Gasteiger partial charge < -0.3 is 0 Å². The van der Waals surface area contributed by atoms with Crippen LogP contribution in [0.25, 0.3) is 0 Å². The molecule has 0 heterocycles. The van der Waals surface area contributed by atoms with E-state index in [1.807, 2.05) is 0 Å². The Morgan fingerprint density at radius 3 is 2.00 bits per heavy atom. The van der Waals surface area contributed by atoms with Gasteiger partial charge in [0.25, 0.3) is 0 Å². The first kappa shape index (κ1) is 8.53. The molecule has 0 saturated heterocycles. The van der Waals surface area contributed by atoms with Crippen LogP contribution in [0.2, 0.25) is 5.04 Å². The minimum Gasteiger partial charge on any atom is -0.0637 e. The van der Waals surface area contributed by atoms with Crippen LogP contribution in [0, 0.1) is 0 Å². The first-order valence-electron chi connectivity index (χ1n) is 3.91. The van der Waals surface area contributed by atoms with Crippen molar-refractivity contribution in [1.82, 2.24) is 0 Å². The van der Waals surface area contributed by atoms with Crippen LogP contribution in [-0.2, 0) is 0 Å². The fraction of sp³-hybridized carbons (Fsp3) is 0.400. The zero-order valence-corrected chi connectivity index (χ0v) is 8.39. The second-order valence-corrected chi connectivity index (χ2v) is 6.07. The average Bonchev–Trinajstić information content (AvgIpc) is 1.85. The quantitative estimate of drug-likeness (QED) is 0.556. The van der Waals surface area contributed by atoms with Crippen molar-refractivity contribution in [1.29, 1.82) is 0 Å². The highest BCUT2D eigenvalue weighted by Gasteiger charge is 2.11. The highest BCUT2D eigenvalue weighted by Crippen LogP contribution is 2.19. The van der Waals surface area contributed by atoms with Crippen molar-refractivity contribution in [3.05, 3.63) is 30.3 Å². The normalized spacial score (nSPS) is 11.5. The van der Waals surface area contributed by atoms with E-state index in [1.54, 1.807) is 0 Å². The molecule has 0 saturated carbocycles. The molecule has 0 aliphatic heterocycles. The maximum Gasteiger partial charge on any atom is 0.0868 e. The highest BCUT2D eigenvalue weighted by molar-refractivity contribution is 6.56. The van der Waals surface area contributed by atoms with Crippen molar-refractivity contribution >= 4 is 14.7 Å². The van der Waals surface area contributed by atoms with Crippen LogP contribution in [-0.4, -0.2) is 9.52 Å². The van der Waals surface area contributed by atoms with E-state index in [1.165, 1.54) is 5.19 Å². The van der Waals surface area contributed by atoms with Gasteiger partial charge in [0.15, 0.2) is 0 Å². The van der Waals surface area contributed by atoms with E-state index in [2.05, 4.69) is 51.1 Å². The van der Waals surface area contributed by atoms with Gasteiger partial charge in [-0.2, -0.15) is 0 Å². The van der Waals surface area contributed by atoms with Gasteiger partial charge in [0.1, 0.15) is 0 Å². The molecule has 0 bridgehead atoms. The standard InChI is InChI=1S/C10H14Si/c1-10(2,3)11-9-7-5-4-6-8-9/h4-8H,1-3H3. The van der Waals surface area contributed by atoms with Crippen molar-refractivity contribution in [2.24, 2.45) is 0 Å². The van der Waals surface area contributed by atoms with Crippen LogP contribution in [0.1, 0.15) is 20.8 Å². The fourth-order valence-corrected chi connectivity index (χ4v) is 2.18. The molecule has 0 aromatic heterocycles. The monoisotopic (exact) mass is 162 g/mol. The van der Waals surface area contributed by atoms with Crippen LogP contribution in [0.4, 0.5) is 0 Å². The molecule has 0 spiro atoms. The van der Waals surface area contributed by atoms with Crippen LogP contribution in [0.3, 0.4) is 0 Å². The summed E-state index contributed by atoms with van der Waals surface area (Å²) in [5, 5.41) is 1.89. The van der Waals surface area contributed by atoms with Crippen LogP contribution < -0.4 is 5.19 Å². The van der Waals surface area contributed by atoms with Gasteiger partial charge in [-0.25, -0.2) is 0 Å². The van der Waals surface area contributed by atoms with E-state index in [4.69, 9.17) is 0 Å². The molecule has 2 radical (unpaired) electrons. The molecule has 0 nitrogen and oxygen atoms in total. The summed E-state index contributed by atoms with van der Waals surface area (Å²) in [6, 6.07) is 10.7. The zero-order valence-electron chi connectivity index (χ0n) is 7.39. The number of hydrogen-bond donors (Lipinski definition) is 0. The predicted octanol–water partition coefficient (Wildman–Crippen LogP) is 2.23. The molecule has 1 aromatic rings. The summed E-state index contributed by atoms with van der Waals surface area (Å²) >= 11 is 0. The summed E-state index contributed by atoms with van der Waals surface area (Å²) in [7, 11) is 0.914. The first-order chi connectivity index (χ1) is 5.08. The molecule has 0 N–H and O–H groups in total. The Hall–Kier alpha value is -0.563. The SMILES string of the molecule is CC(C)(C)[Si]c1ccccc1. The summed E-state index contributed by atoms with van der Waals surface area (Å²) in [6.45, 7) is 6.83. The summed E-state index contributed by atoms with van der Waals surface area (Å²) in [4.78, 5) is 0. The van der Waals surface area contributed by atoms with E-state index >= 15 is 0 Å². The van der Waals surface area contributed by atoms with Crippen molar-refractivity contribution in [2.75, 3.05) is 0 Å². The van der Waals surface area contributed by atoms with Crippen LogP contribution in [0.5, 0.6) is 0 Å². The van der Waals surface area contributed by atoms with Gasteiger partial charge in [0, 0.05) is 0 Å². The molecule has 58 valence electrons. The summed E-state index contributed by atoms with van der Waals surface area (Å²) in [5.41, 5.74) is 0. The number of rotatable bonds is 1. The van der Waals surface area contributed by atoms with Crippen molar-refractivity contribution in [3.8, 4) is 0 Å². The molecule has 11 heavy (non-hydrogen) atoms. The molecule has 0 aliphatic rings. The molecular formula is C10H14Si. The van der Waals surface area contributed by atoms with Gasteiger partial charge in [-0.15, -0.1) is 0 Å². The second-order valence-electron chi connectivity index (χ2n) is 3.74. The third-order valence-electron chi connectivity index (χ3n) is 1.29. The van der Waals surface area contributed by atoms with Crippen molar-refractivity contribution in [2.45, 2.75) is 25.8 Å². The Labute approximate surface area is 71.5 Å². The number of benzene rings is 1. The molecule has 0 aliphatic carbocycles. The van der Waals surface area contributed by atoms with Gasteiger partial charge in [-0.05, 0) is 5.04 Å². The molecule has 0 amide bonds. The summed E-state index contributed by atoms with van der Waals surface area (Å²) in [6.07, 6.45) is 0. The van der Waals surface area contributed by atoms with Crippen molar-refractivity contribution < 1.29 is 0 Å². The number of hydrogen-bond acceptors (Lipinski definition) is 0. The highest BCUT2D eigenvalue weighted by atomic mass is 28.2. The van der Waals surface area contributed by atoms with E-state index in [-0.39, 0.29) is 0 Å². The van der Waals surface area contributed by atoms with Gasteiger partial charge in [-0.3, -0.25) is 0 Å². The van der Waals surface area contributed by atoms with E-state index in [0.29, 0.717) is 5.04 Å². The topological polar surface area (TPSA) is 0 Å². The molecule has 1 rings (SSSR count). The average molecular weight is 162 g/mol. The first-order valence-corrected chi connectivity index (χ1v) is 4.91. The Balaban J connectivity index is 2.66. The van der Waals surface area contributed by atoms with Gasteiger partial charge in [0.2, 0.25) is 0 Å². The lowest BCUT2D eigenvalue weighted by atomic mass is 10.2. The second kappa shape index (κ2) is 3.22. The van der Waals surface area contributed by atoms with E-state index in [9.17, 15) is 0 Å². The zero-order chi connectivity index (χ0) is 8.32. The maximum atomic E-state index is 2.28. The maximum absolute atomic E-state index is 2.28. The molecular weight excluding hydrogens is 148 g/mol. The van der Waals surface area contributed by atoms with E-state index < -0.39 is 0 Å². The third kappa shape index (κ3) is 3.37. The van der Waals surface area contributed by atoms with Crippen LogP contribution >= 0.6 is 0 Å². The smallest absolute Gasteiger partial charge is 0.0637 e. The fourth-order valence-electron chi connectivity index (χ4n) is 0.954. The van der Waals surface area contributed by atoms with Gasteiger partial charge in [0.05, 0.1) is 9.52 Å². The predicted molar refractivity (Wildman–Crippen MR) is 51.5 cm³/mol. The minimum atomic E-state index is 0.432. The molecule has 1 aromatic carbocycles. The van der Waals surface area contributed by atoms with Crippen molar-refractivity contribution in [3.63, 3.8) is 0 Å². The molecule has 0 atom stereocenters. The Bertz CT molecular complexity index is 208. The van der Waals surface area contributed by atoms with Gasteiger partial charge in [-0.1, -0.05) is 56.3 Å². The summed E-state index contributed by atoms with van der Waals surface area (Å²) in [5.74, 6) is 0. The third-order valence-corrected chi connectivity index (χ3v) is 2.67. The largest absolute Gasteiger partial charge is 0.0868 e. The Kier molecular flexibility index (Phi) is 2.50. The molecule has 1 heteroatoms. The Morgan fingerprint density at radius 2 is 1.55 bits per heavy atom. The minimum absolute atomic E-state index is 0.432. The molecule has 0 fully saturated rings. The van der Waals surface area contributed by atoms with Crippen LogP contribution in [0.15, 0.2) is 30.3 Å². The Morgan fingerprint density at radius 1 is 1.00 bits per heavy atom. The molecule has 0 unspecified atom stereocenters. The summed E-state index contributed by atoms with van der Waals surface area (Å²) < 4.78 is 0. The lowest BCUT2D eigenvalue weighted by Gasteiger charge is -2.16.